The van der Waals surface area contributed by atoms with Crippen molar-refractivity contribution < 1.29 is 42.7 Å². The molecule has 0 unspecified atom stereocenters. The monoisotopic (exact) mass is 464 g/mol. The highest BCUT2D eigenvalue weighted by Gasteiger charge is 2.01. The summed E-state index contributed by atoms with van der Waals surface area (Å²) in [5.74, 6) is 0.264. The molecule has 0 rings (SSSR count). The summed E-state index contributed by atoms with van der Waals surface area (Å²) >= 11 is 0. The number of esters is 1. The molecule has 32 heavy (non-hydrogen) atoms. The molecule has 0 amide bonds. The Hall–Kier alpha value is -1.07. The van der Waals surface area contributed by atoms with Crippen molar-refractivity contribution in [2.45, 2.75) is 27.2 Å². The van der Waals surface area contributed by atoms with E-state index in [-0.39, 0.29) is 6.61 Å². The van der Waals surface area contributed by atoms with Crippen LogP contribution in [-0.2, 0) is 42.7 Å². The van der Waals surface area contributed by atoms with Crippen LogP contribution in [0.15, 0.2) is 12.2 Å². The molecule has 0 saturated carbocycles. The summed E-state index contributed by atoms with van der Waals surface area (Å²) in [4.78, 5) is 11.1. The van der Waals surface area contributed by atoms with E-state index in [1.807, 2.05) is 0 Å². The molecule has 0 bridgehead atoms. The highest BCUT2D eigenvalue weighted by molar-refractivity contribution is 5.86. The second-order valence-corrected chi connectivity index (χ2v) is 7.39. The number of rotatable bonds is 25. The number of carbonyl (C=O) groups excluding carboxylic acids is 1. The van der Waals surface area contributed by atoms with E-state index in [0.717, 1.165) is 13.0 Å². The van der Waals surface area contributed by atoms with Gasteiger partial charge in [-0.15, -0.1) is 0 Å². The highest BCUT2D eigenvalue weighted by atomic mass is 16.6. The minimum absolute atomic E-state index is 0.210. The molecule has 0 saturated heterocycles. The van der Waals surface area contributed by atoms with Gasteiger partial charge in [0.05, 0.1) is 85.9 Å². The summed E-state index contributed by atoms with van der Waals surface area (Å²) in [5.41, 5.74) is 0.377. The van der Waals surface area contributed by atoms with Gasteiger partial charge in [0.1, 0.15) is 6.61 Å². The summed E-state index contributed by atoms with van der Waals surface area (Å²) < 4.78 is 42.7. The zero-order valence-electron chi connectivity index (χ0n) is 20.3. The summed E-state index contributed by atoms with van der Waals surface area (Å²) in [7, 11) is 0. The maximum absolute atomic E-state index is 11.1. The van der Waals surface area contributed by atoms with Crippen molar-refractivity contribution in [2.24, 2.45) is 5.92 Å². The van der Waals surface area contributed by atoms with Gasteiger partial charge in [-0.1, -0.05) is 20.4 Å². The van der Waals surface area contributed by atoms with Crippen molar-refractivity contribution in [3.8, 4) is 0 Å². The lowest BCUT2D eigenvalue weighted by molar-refractivity contribution is -0.140. The highest BCUT2D eigenvalue weighted by Crippen LogP contribution is 1.98. The molecule has 0 N–H and O–H groups in total. The molecular weight excluding hydrogens is 420 g/mol. The Morgan fingerprint density at radius 2 is 0.844 bits per heavy atom. The third-order valence-corrected chi connectivity index (χ3v) is 3.88. The third kappa shape index (κ3) is 25.2. The van der Waals surface area contributed by atoms with Crippen LogP contribution in [0, 0.1) is 5.92 Å². The quantitative estimate of drug-likeness (QED) is 0.115. The van der Waals surface area contributed by atoms with Crippen molar-refractivity contribution in [1.29, 1.82) is 0 Å². The normalized spacial score (nSPS) is 11.2. The van der Waals surface area contributed by atoms with Gasteiger partial charge in [0, 0.05) is 12.2 Å². The average Bonchev–Trinajstić information content (AvgIpc) is 2.76. The first-order chi connectivity index (χ1) is 15.5. The molecule has 0 aromatic heterocycles. The maximum atomic E-state index is 11.1. The van der Waals surface area contributed by atoms with Crippen molar-refractivity contribution in [3.05, 3.63) is 12.2 Å². The van der Waals surface area contributed by atoms with Gasteiger partial charge in [-0.25, -0.2) is 4.79 Å². The second-order valence-electron chi connectivity index (χ2n) is 7.39. The zero-order chi connectivity index (χ0) is 23.7. The fraction of sp³-hybridized carbons (Fsp3) is 0.870. The van der Waals surface area contributed by atoms with E-state index in [4.69, 9.17) is 37.9 Å². The molecule has 0 fully saturated rings. The van der Waals surface area contributed by atoms with Crippen LogP contribution in [0.1, 0.15) is 27.2 Å². The van der Waals surface area contributed by atoms with Gasteiger partial charge in [0.15, 0.2) is 0 Å². The summed E-state index contributed by atoms with van der Waals surface area (Å²) in [6, 6.07) is 0. The van der Waals surface area contributed by atoms with Gasteiger partial charge >= 0.3 is 5.97 Å². The standard InChI is InChI=1S/C23H44O9/c1-21(2)5-6-25-7-8-26-9-10-27-11-12-28-13-14-29-15-16-30-17-18-31-19-20-32-23(24)22(3)4/h21H,3,5-20H2,1-2,4H3. The Morgan fingerprint density at radius 1 is 0.562 bits per heavy atom. The molecule has 190 valence electrons. The Balaban J connectivity index is 3.06. The molecule has 0 spiro atoms. The first-order valence-electron chi connectivity index (χ1n) is 11.4. The van der Waals surface area contributed by atoms with E-state index >= 15 is 0 Å². The van der Waals surface area contributed by atoms with Crippen LogP contribution in [0.2, 0.25) is 0 Å². The molecular formula is C23H44O9. The van der Waals surface area contributed by atoms with Crippen LogP contribution >= 0.6 is 0 Å². The smallest absolute Gasteiger partial charge is 0.333 e. The van der Waals surface area contributed by atoms with Gasteiger partial charge in [0.2, 0.25) is 0 Å². The predicted octanol–water partition coefficient (Wildman–Crippen LogP) is 2.27. The number of hydrogen-bond acceptors (Lipinski definition) is 9. The lowest BCUT2D eigenvalue weighted by Gasteiger charge is -2.09. The van der Waals surface area contributed by atoms with Gasteiger partial charge in [-0.05, 0) is 19.3 Å². The fourth-order valence-electron chi connectivity index (χ4n) is 2.06. The van der Waals surface area contributed by atoms with E-state index < -0.39 is 5.97 Å². The molecule has 9 nitrogen and oxygen atoms in total. The Morgan fingerprint density at radius 3 is 1.12 bits per heavy atom. The molecule has 0 atom stereocenters. The SMILES string of the molecule is C=C(C)C(=O)OCCOCCOCCOCCOCCOCCOCCOCCC(C)C. The third-order valence-electron chi connectivity index (χ3n) is 3.88. The van der Waals surface area contributed by atoms with Crippen LogP contribution in [-0.4, -0.2) is 105 Å². The first-order valence-corrected chi connectivity index (χ1v) is 11.4. The minimum atomic E-state index is -0.405. The van der Waals surface area contributed by atoms with Crippen molar-refractivity contribution in [3.63, 3.8) is 0 Å². The van der Waals surface area contributed by atoms with Crippen LogP contribution < -0.4 is 0 Å². The van der Waals surface area contributed by atoms with Crippen LogP contribution in [0.25, 0.3) is 0 Å². The Labute approximate surface area is 193 Å². The molecule has 9 heteroatoms. The second kappa shape index (κ2) is 24.6. The summed E-state index contributed by atoms with van der Waals surface area (Å²) in [5, 5.41) is 0. The molecule has 0 aliphatic rings. The van der Waals surface area contributed by atoms with E-state index in [9.17, 15) is 4.79 Å². The topological polar surface area (TPSA) is 90.9 Å². The molecule has 0 aromatic rings. The Kier molecular flexibility index (Phi) is 23.7. The van der Waals surface area contributed by atoms with Gasteiger partial charge < -0.3 is 37.9 Å². The number of ether oxygens (including phenoxy) is 8. The van der Waals surface area contributed by atoms with Crippen LogP contribution in [0.3, 0.4) is 0 Å². The minimum Gasteiger partial charge on any atom is -0.460 e. The van der Waals surface area contributed by atoms with E-state index in [2.05, 4.69) is 20.4 Å². The van der Waals surface area contributed by atoms with Crippen LogP contribution in [0.4, 0.5) is 0 Å². The van der Waals surface area contributed by atoms with E-state index in [1.54, 1.807) is 6.92 Å². The number of carbonyl (C=O) groups is 1. The van der Waals surface area contributed by atoms with Crippen molar-refractivity contribution in [2.75, 3.05) is 99.1 Å². The summed E-state index contributed by atoms with van der Waals surface area (Å²) in [6.45, 7) is 17.1. The summed E-state index contributed by atoms with van der Waals surface area (Å²) in [6.07, 6.45) is 1.08. The lowest BCUT2D eigenvalue weighted by Crippen LogP contribution is -2.15. The van der Waals surface area contributed by atoms with Crippen LogP contribution in [0.5, 0.6) is 0 Å². The van der Waals surface area contributed by atoms with Gasteiger partial charge in [-0.2, -0.15) is 0 Å². The van der Waals surface area contributed by atoms with Crippen molar-refractivity contribution in [1.82, 2.24) is 0 Å². The van der Waals surface area contributed by atoms with Gasteiger partial charge in [0.25, 0.3) is 0 Å². The van der Waals surface area contributed by atoms with E-state index in [1.165, 1.54) is 0 Å². The fourth-order valence-corrected chi connectivity index (χ4v) is 2.06. The molecule has 0 aliphatic heterocycles. The average molecular weight is 465 g/mol. The maximum Gasteiger partial charge on any atom is 0.333 e. The molecule has 0 aliphatic carbocycles. The molecule has 0 aromatic carbocycles. The van der Waals surface area contributed by atoms with E-state index in [0.29, 0.717) is 97.4 Å². The zero-order valence-corrected chi connectivity index (χ0v) is 20.3. The number of hydrogen-bond donors (Lipinski definition) is 0. The predicted molar refractivity (Wildman–Crippen MR) is 121 cm³/mol. The van der Waals surface area contributed by atoms with Gasteiger partial charge in [-0.3, -0.25) is 0 Å². The molecule has 0 radical (unpaired) electrons. The Bertz CT molecular complexity index is 430. The first kappa shape index (κ1) is 30.9. The lowest BCUT2D eigenvalue weighted by atomic mass is 10.1. The largest absolute Gasteiger partial charge is 0.460 e. The van der Waals surface area contributed by atoms with Crippen molar-refractivity contribution >= 4 is 5.97 Å². The molecule has 0 heterocycles.